The van der Waals surface area contributed by atoms with Crippen molar-refractivity contribution >= 4 is 17.9 Å². The fourth-order valence-corrected chi connectivity index (χ4v) is 2.32. The molecule has 1 fully saturated rings. The van der Waals surface area contributed by atoms with Gasteiger partial charge in [0.2, 0.25) is 5.91 Å². The zero-order valence-electron chi connectivity index (χ0n) is 9.36. The number of anilines is 1. The lowest BCUT2D eigenvalue weighted by Crippen LogP contribution is -2.48. The van der Waals surface area contributed by atoms with E-state index in [1.165, 1.54) is 0 Å². The van der Waals surface area contributed by atoms with Gasteiger partial charge in [0.15, 0.2) is 0 Å². The monoisotopic (exact) mass is 231 g/mol. The first-order valence-electron chi connectivity index (χ1n) is 5.71. The Hall–Kier alpha value is -1.68. The van der Waals surface area contributed by atoms with E-state index in [1.54, 1.807) is 0 Å². The van der Waals surface area contributed by atoms with E-state index in [-0.39, 0.29) is 5.91 Å². The number of carbonyl (C=O) groups excluding carboxylic acids is 2. The van der Waals surface area contributed by atoms with Gasteiger partial charge in [-0.1, -0.05) is 12.1 Å². The second-order valence-electron chi connectivity index (χ2n) is 4.69. The first-order chi connectivity index (χ1) is 8.23. The molecule has 1 aromatic carbocycles. The summed E-state index contributed by atoms with van der Waals surface area (Å²) in [5, 5.41) is 2.83. The molecular weight excluding hydrogens is 218 g/mol. The van der Waals surface area contributed by atoms with Crippen LogP contribution in [0.2, 0.25) is 0 Å². The van der Waals surface area contributed by atoms with Crippen LogP contribution in [0, 0.1) is 0 Å². The van der Waals surface area contributed by atoms with Gasteiger partial charge in [-0.05, 0) is 23.6 Å². The van der Waals surface area contributed by atoms with Crippen LogP contribution in [-0.2, 0) is 26.2 Å². The molecule has 3 rings (SSSR count). The van der Waals surface area contributed by atoms with Gasteiger partial charge in [-0.25, -0.2) is 0 Å². The smallest absolute Gasteiger partial charge is 0.224 e. The van der Waals surface area contributed by atoms with Crippen molar-refractivity contribution in [3.63, 3.8) is 0 Å². The third-order valence-electron chi connectivity index (χ3n) is 3.52. The normalized spacial score (nSPS) is 21.1. The van der Waals surface area contributed by atoms with Crippen molar-refractivity contribution in [1.29, 1.82) is 0 Å². The van der Waals surface area contributed by atoms with Crippen molar-refractivity contribution in [2.45, 2.75) is 18.3 Å². The fraction of sp³-hybridized carbons (Fsp3) is 0.385. The minimum atomic E-state index is -0.462. The minimum absolute atomic E-state index is 0.0577. The van der Waals surface area contributed by atoms with E-state index >= 15 is 0 Å². The predicted octanol–water partition coefficient (Wildman–Crippen LogP) is 1.04. The molecule has 4 heteroatoms. The molecule has 1 aromatic rings. The summed E-state index contributed by atoms with van der Waals surface area (Å²) >= 11 is 0. The molecule has 2 aliphatic heterocycles. The maximum atomic E-state index is 11.2. The zero-order valence-corrected chi connectivity index (χ0v) is 9.36. The van der Waals surface area contributed by atoms with Crippen LogP contribution in [0.1, 0.15) is 17.5 Å². The Morgan fingerprint density at radius 2 is 2.12 bits per heavy atom. The summed E-state index contributed by atoms with van der Waals surface area (Å²) in [5.74, 6) is 0.0577. The summed E-state index contributed by atoms with van der Waals surface area (Å²) in [6, 6.07) is 5.80. The molecule has 2 aliphatic rings. The second-order valence-corrected chi connectivity index (χ2v) is 4.69. The molecular formula is C13H13NO3. The van der Waals surface area contributed by atoms with Gasteiger partial charge in [-0.3, -0.25) is 4.79 Å². The number of carbonyl (C=O) groups is 2. The van der Waals surface area contributed by atoms with Crippen LogP contribution in [-0.4, -0.2) is 25.4 Å². The van der Waals surface area contributed by atoms with Gasteiger partial charge in [-0.15, -0.1) is 0 Å². The molecule has 0 aromatic heterocycles. The lowest BCUT2D eigenvalue weighted by molar-refractivity contribution is -0.129. The second kappa shape index (κ2) is 3.67. The van der Waals surface area contributed by atoms with Gasteiger partial charge in [-0.2, -0.15) is 0 Å². The van der Waals surface area contributed by atoms with Crippen molar-refractivity contribution < 1.29 is 14.3 Å². The highest BCUT2D eigenvalue weighted by atomic mass is 16.5. The number of fused-ring (bicyclic) bond motifs is 1. The number of nitrogens with one attached hydrogen (secondary N) is 1. The number of aryl methyl sites for hydroxylation is 1. The number of rotatable bonds is 2. The zero-order chi connectivity index (χ0) is 11.9. The fourth-order valence-electron chi connectivity index (χ4n) is 2.32. The summed E-state index contributed by atoms with van der Waals surface area (Å²) < 4.78 is 5.14. The van der Waals surface area contributed by atoms with E-state index in [4.69, 9.17) is 4.74 Å². The van der Waals surface area contributed by atoms with Gasteiger partial charge >= 0.3 is 0 Å². The molecule has 0 saturated carbocycles. The van der Waals surface area contributed by atoms with E-state index in [1.807, 2.05) is 18.2 Å². The Labute approximate surface area is 99.0 Å². The molecule has 0 radical (unpaired) electrons. The van der Waals surface area contributed by atoms with Crippen molar-refractivity contribution in [1.82, 2.24) is 0 Å². The Balaban J connectivity index is 1.98. The van der Waals surface area contributed by atoms with Gasteiger partial charge in [0.25, 0.3) is 0 Å². The summed E-state index contributed by atoms with van der Waals surface area (Å²) in [5.41, 5.74) is 2.51. The summed E-state index contributed by atoms with van der Waals surface area (Å²) in [6.07, 6.45) is 2.23. The largest absolute Gasteiger partial charge is 0.379 e. The summed E-state index contributed by atoms with van der Waals surface area (Å²) in [6.45, 7) is 0.920. The van der Waals surface area contributed by atoms with Gasteiger partial charge < -0.3 is 14.8 Å². The molecule has 1 N–H and O–H groups in total. The van der Waals surface area contributed by atoms with Gasteiger partial charge in [0.1, 0.15) is 6.29 Å². The molecule has 0 atom stereocenters. The highest BCUT2D eigenvalue weighted by Crippen LogP contribution is 2.33. The van der Waals surface area contributed by atoms with Crippen molar-refractivity contribution in [2.75, 3.05) is 18.5 Å². The first kappa shape index (κ1) is 10.5. The molecule has 0 aliphatic carbocycles. The maximum absolute atomic E-state index is 11.2. The molecule has 2 heterocycles. The van der Waals surface area contributed by atoms with E-state index in [2.05, 4.69) is 5.32 Å². The number of benzene rings is 1. The van der Waals surface area contributed by atoms with Gasteiger partial charge in [0.05, 0.1) is 18.6 Å². The third-order valence-corrected chi connectivity index (χ3v) is 3.52. The molecule has 4 nitrogen and oxygen atoms in total. The number of hydrogen-bond acceptors (Lipinski definition) is 3. The highest BCUT2D eigenvalue weighted by molar-refractivity contribution is 5.94. The minimum Gasteiger partial charge on any atom is -0.379 e. The molecule has 88 valence electrons. The number of hydrogen-bond donors (Lipinski definition) is 1. The molecule has 1 amide bonds. The van der Waals surface area contributed by atoms with Crippen LogP contribution in [0.15, 0.2) is 18.2 Å². The average molecular weight is 231 g/mol. The Morgan fingerprint density at radius 1 is 1.29 bits per heavy atom. The lowest BCUT2D eigenvalue weighted by Gasteiger charge is -2.37. The van der Waals surface area contributed by atoms with Crippen LogP contribution < -0.4 is 5.32 Å². The molecule has 0 unspecified atom stereocenters. The average Bonchev–Trinajstić information content (AvgIpc) is 2.28. The van der Waals surface area contributed by atoms with Crippen LogP contribution in [0.3, 0.4) is 0 Å². The predicted molar refractivity (Wildman–Crippen MR) is 62.0 cm³/mol. The third kappa shape index (κ3) is 1.56. The summed E-state index contributed by atoms with van der Waals surface area (Å²) in [4.78, 5) is 22.4. The van der Waals surface area contributed by atoms with E-state index in [0.717, 1.165) is 29.5 Å². The summed E-state index contributed by atoms with van der Waals surface area (Å²) in [7, 11) is 0. The quantitative estimate of drug-likeness (QED) is 0.774. The standard InChI is InChI=1S/C13H13NO3/c15-6-13(7-17-8-13)10-2-3-11-9(5-10)1-4-12(16)14-11/h2-3,5-6H,1,4,7-8H2,(H,14,16). The molecule has 0 bridgehead atoms. The van der Waals surface area contributed by atoms with Crippen LogP contribution in [0.4, 0.5) is 5.69 Å². The van der Waals surface area contributed by atoms with Crippen molar-refractivity contribution in [3.05, 3.63) is 29.3 Å². The molecule has 0 spiro atoms. The number of aldehydes is 1. The highest BCUT2D eigenvalue weighted by Gasteiger charge is 2.40. The first-order valence-corrected chi connectivity index (χ1v) is 5.71. The topological polar surface area (TPSA) is 55.4 Å². The molecule has 17 heavy (non-hydrogen) atoms. The Morgan fingerprint density at radius 3 is 2.76 bits per heavy atom. The van der Waals surface area contributed by atoms with Crippen molar-refractivity contribution in [2.24, 2.45) is 0 Å². The van der Waals surface area contributed by atoms with E-state index in [9.17, 15) is 9.59 Å². The van der Waals surface area contributed by atoms with Crippen LogP contribution >= 0.6 is 0 Å². The van der Waals surface area contributed by atoms with Crippen LogP contribution in [0.5, 0.6) is 0 Å². The number of ether oxygens (including phenoxy) is 1. The van der Waals surface area contributed by atoms with E-state index < -0.39 is 5.41 Å². The van der Waals surface area contributed by atoms with Gasteiger partial charge in [0, 0.05) is 12.1 Å². The van der Waals surface area contributed by atoms with Crippen molar-refractivity contribution in [3.8, 4) is 0 Å². The Kier molecular flexibility index (Phi) is 2.26. The maximum Gasteiger partial charge on any atom is 0.224 e. The lowest BCUT2D eigenvalue weighted by atomic mass is 9.79. The van der Waals surface area contributed by atoms with E-state index in [0.29, 0.717) is 19.6 Å². The molecule has 1 saturated heterocycles. The van der Waals surface area contributed by atoms with Crippen LogP contribution in [0.25, 0.3) is 0 Å². The Bertz CT molecular complexity index is 491. The SMILES string of the molecule is O=CC1(c2ccc3c(c2)CCC(=O)N3)COC1. The number of amides is 1.